The van der Waals surface area contributed by atoms with Crippen LogP contribution in [0.1, 0.15) is 24.2 Å². The van der Waals surface area contributed by atoms with E-state index in [1.54, 1.807) is 18.2 Å². The Morgan fingerprint density at radius 1 is 1.47 bits per heavy atom. The summed E-state index contributed by atoms with van der Waals surface area (Å²) in [5.74, 6) is -0.473. The predicted molar refractivity (Wildman–Crippen MR) is 71.8 cm³/mol. The molecular formula is C13H13ClN2O3. The molecule has 0 atom stereocenters. The molecule has 0 unspecified atom stereocenters. The maximum atomic E-state index is 11.0. The minimum absolute atomic E-state index is 0.0186. The lowest BCUT2D eigenvalue weighted by atomic mass is 10.1. The van der Waals surface area contributed by atoms with Crippen LogP contribution in [0.15, 0.2) is 24.4 Å². The van der Waals surface area contributed by atoms with Crippen LogP contribution < -0.4 is 4.74 Å². The number of carboxylic acids is 1. The highest BCUT2D eigenvalue weighted by Gasteiger charge is 2.15. The maximum Gasteiger partial charge on any atom is 0.339 e. The van der Waals surface area contributed by atoms with Crippen LogP contribution in [0.5, 0.6) is 5.75 Å². The second-order valence-corrected chi connectivity index (χ2v) is 4.68. The monoisotopic (exact) mass is 280 g/mol. The van der Waals surface area contributed by atoms with E-state index >= 15 is 0 Å². The topological polar surface area (TPSA) is 75.2 Å². The average Bonchev–Trinajstić information content (AvgIpc) is 2.80. The third-order valence-electron chi connectivity index (χ3n) is 2.45. The molecule has 2 N–H and O–H groups in total. The third-order valence-corrected chi connectivity index (χ3v) is 2.75. The molecule has 2 rings (SSSR count). The van der Waals surface area contributed by atoms with Gasteiger partial charge in [0.15, 0.2) is 0 Å². The summed E-state index contributed by atoms with van der Waals surface area (Å²) in [6.07, 6.45) is 1.29. The first-order valence-corrected chi connectivity index (χ1v) is 6.10. The number of ether oxygens (including phenoxy) is 1. The van der Waals surface area contributed by atoms with Gasteiger partial charge >= 0.3 is 5.97 Å². The van der Waals surface area contributed by atoms with E-state index in [0.717, 1.165) is 0 Å². The number of carboxylic acid groups (broad SMARTS) is 1. The van der Waals surface area contributed by atoms with E-state index in [0.29, 0.717) is 22.0 Å². The van der Waals surface area contributed by atoms with Gasteiger partial charge in [0.05, 0.1) is 23.0 Å². The van der Waals surface area contributed by atoms with E-state index < -0.39 is 5.97 Å². The van der Waals surface area contributed by atoms with Crippen molar-refractivity contribution in [3.05, 3.63) is 35.0 Å². The number of carbonyl (C=O) groups is 1. The fourth-order valence-electron chi connectivity index (χ4n) is 1.67. The van der Waals surface area contributed by atoms with Crippen molar-refractivity contribution in [1.29, 1.82) is 0 Å². The molecule has 0 saturated heterocycles. The third kappa shape index (κ3) is 2.88. The molecule has 0 bridgehead atoms. The lowest BCUT2D eigenvalue weighted by Crippen LogP contribution is -2.05. The van der Waals surface area contributed by atoms with E-state index in [1.807, 2.05) is 13.8 Å². The van der Waals surface area contributed by atoms with E-state index in [4.69, 9.17) is 21.4 Å². The molecule has 5 nitrogen and oxygen atoms in total. The van der Waals surface area contributed by atoms with Crippen molar-refractivity contribution in [3.63, 3.8) is 0 Å². The average molecular weight is 281 g/mol. The van der Waals surface area contributed by atoms with Crippen LogP contribution in [0, 0.1) is 0 Å². The number of aromatic nitrogens is 2. The van der Waals surface area contributed by atoms with Gasteiger partial charge in [0.1, 0.15) is 11.3 Å². The van der Waals surface area contributed by atoms with Crippen molar-refractivity contribution in [2.75, 3.05) is 0 Å². The number of H-pyrrole nitrogens is 1. The Morgan fingerprint density at radius 2 is 2.21 bits per heavy atom. The Hall–Kier alpha value is -2.01. The number of nitrogens with zero attached hydrogens (tertiary/aromatic N) is 1. The van der Waals surface area contributed by atoms with Gasteiger partial charge in [0.2, 0.25) is 0 Å². The van der Waals surface area contributed by atoms with Crippen molar-refractivity contribution in [2.24, 2.45) is 0 Å². The van der Waals surface area contributed by atoms with Gasteiger partial charge in [-0.3, -0.25) is 5.10 Å². The van der Waals surface area contributed by atoms with Crippen LogP contribution in [-0.4, -0.2) is 27.4 Å². The number of nitrogens with one attached hydrogen (secondary N) is 1. The minimum atomic E-state index is -1.04. The lowest BCUT2D eigenvalue weighted by molar-refractivity contribution is 0.0698. The quantitative estimate of drug-likeness (QED) is 0.902. The van der Waals surface area contributed by atoms with E-state index in [1.165, 1.54) is 6.20 Å². The molecule has 0 saturated carbocycles. The maximum absolute atomic E-state index is 11.0. The lowest BCUT2D eigenvalue weighted by Gasteiger charge is -2.12. The van der Waals surface area contributed by atoms with Gasteiger partial charge in [0.25, 0.3) is 0 Å². The van der Waals surface area contributed by atoms with E-state index in [2.05, 4.69) is 10.2 Å². The molecule has 1 aromatic carbocycles. The largest absolute Gasteiger partial charge is 0.489 e. The van der Waals surface area contributed by atoms with E-state index in [9.17, 15) is 4.79 Å². The summed E-state index contributed by atoms with van der Waals surface area (Å²) in [5, 5.41) is 15.9. The summed E-state index contributed by atoms with van der Waals surface area (Å²) in [6.45, 7) is 3.81. The van der Waals surface area contributed by atoms with Gasteiger partial charge in [-0.15, -0.1) is 0 Å². The standard InChI is InChI=1S/C13H13ClN2O3/c1-7(2)19-11-4-3-8(5-10(11)14)12-9(13(17)18)6-15-16-12/h3-7H,1-2H3,(H,15,16)(H,17,18). The Kier molecular flexibility index (Phi) is 3.76. The summed E-state index contributed by atoms with van der Waals surface area (Å²) < 4.78 is 5.52. The molecule has 0 aliphatic heterocycles. The molecule has 0 aliphatic carbocycles. The molecular weight excluding hydrogens is 268 g/mol. The molecule has 1 aromatic heterocycles. The fraction of sp³-hybridized carbons (Fsp3) is 0.231. The molecule has 0 fully saturated rings. The van der Waals surface area contributed by atoms with Gasteiger partial charge in [-0.05, 0) is 32.0 Å². The zero-order valence-corrected chi connectivity index (χ0v) is 11.2. The molecule has 0 spiro atoms. The summed E-state index contributed by atoms with van der Waals surface area (Å²) in [7, 11) is 0. The first kappa shape index (κ1) is 13.4. The molecule has 0 aliphatic rings. The number of rotatable bonds is 4. The zero-order chi connectivity index (χ0) is 14.0. The van der Waals surface area contributed by atoms with Gasteiger partial charge in [-0.1, -0.05) is 11.6 Å². The van der Waals surface area contributed by atoms with Gasteiger partial charge < -0.3 is 9.84 Å². The van der Waals surface area contributed by atoms with Crippen LogP contribution in [0.2, 0.25) is 5.02 Å². The second kappa shape index (κ2) is 5.32. The van der Waals surface area contributed by atoms with Crippen molar-refractivity contribution in [1.82, 2.24) is 10.2 Å². The van der Waals surface area contributed by atoms with Crippen LogP contribution in [0.3, 0.4) is 0 Å². The number of hydrogen-bond donors (Lipinski definition) is 2. The molecule has 0 amide bonds. The van der Waals surface area contributed by atoms with E-state index in [-0.39, 0.29) is 11.7 Å². The Morgan fingerprint density at radius 3 is 2.79 bits per heavy atom. The normalized spacial score (nSPS) is 10.7. The highest BCUT2D eigenvalue weighted by molar-refractivity contribution is 6.32. The Bertz CT molecular complexity index is 608. The number of aromatic carboxylic acids is 1. The predicted octanol–water partition coefficient (Wildman–Crippen LogP) is 3.22. The molecule has 6 heteroatoms. The van der Waals surface area contributed by atoms with Crippen LogP contribution in [-0.2, 0) is 0 Å². The smallest absolute Gasteiger partial charge is 0.339 e. The second-order valence-electron chi connectivity index (χ2n) is 4.28. The number of benzene rings is 1. The van der Waals surface area contributed by atoms with Crippen molar-refractivity contribution < 1.29 is 14.6 Å². The molecule has 100 valence electrons. The molecule has 2 aromatic rings. The van der Waals surface area contributed by atoms with Crippen molar-refractivity contribution in [3.8, 4) is 17.0 Å². The minimum Gasteiger partial charge on any atom is -0.489 e. The van der Waals surface area contributed by atoms with Crippen LogP contribution >= 0.6 is 11.6 Å². The summed E-state index contributed by atoms with van der Waals surface area (Å²) >= 11 is 6.12. The molecule has 19 heavy (non-hydrogen) atoms. The Labute approximate surface area is 115 Å². The first-order valence-electron chi connectivity index (χ1n) is 5.72. The van der Waals surface area contributed by atoms with Gasteiger partial charge in [-0.2, -0.15) is 5.10 Å². The van der Waals surface area contributed by atoms with Crippen molar-refractivity contribution in [2.45, 2.75) is 20.0 Å². The van der Waals surface area contributed by atoms with Crippen LogP contribution in [0.25, 0.3) is 11.3 Å². The highest BCUT2D eigenvalue weighted by atomic mass is 35.5. The fourth-order valence-corrected chi connectivity index (χ4v) is 1.90. The number of aromatic amines is 1. The Balaban J connectivity index is 2.39. The summed E-state index contributed by atoms with van der Waals surface area (Å²) in [4.78, 5) is 11.0. The summed E-state index contributed by atoms with van der Waals surface area (Å²) in [5.41, 5.74) is 1.18. The molecule has 0 radical (unpaired) electrons. The number of hydrogen-bond acceptors (Lipinski definition) is 3. The van der Waals surface area contributed by atoms with Crippen LogP contribution in [0.4, 0.5) is 0 Å². The van der Waals surface area contributed by atoms with Gasteiger partial charge in [-0.25, -0.2) is 4.79 Å². The van der Waals surface area contributed by atoms with Crippen molar-refractivity contribution >= 4 is 17.6 Å². The van der Waals surface area contributed by atoms with Gasteiger partial charge in [0, 0.05) is 5.56 Å². The highest BCUT2D eigenvalue weighted by Crippen LogP contribution is 2.31. The zero-order valence-electron chi connectivity index (χ0n) is 10.5. The first-order chi connectivity index (χ1) is 8.99. The number of halogens is 1. The molecule has 1 heterocycles. The SMILES string of the molecule is CC(C)Oc1ccc(-c2[nH]ncc2C(=O)O)cc1Cl. The summed E-state index contributed by atoms with van der Waals surface area (Å²) in [6, 6.07) is 5.10.